The summed E-state index contributed by atoms with van der Waals surface area (Å²) in [5.74, 6) is -1.51. The molecule has 1 aromatic carbocycles. The summed E-state index contributed by atoms with van der Waals surface area (Å²) in [7, 11) is 0. The molecule has 5 rings (SSSR count). The highest BCUT2D eigenvalue weighted by Gasteiger charge is 2.43. The van der Waals surface area contributed by atoms with Gasteiger partial charge in [-0.3, -0.25) is 9.59 Å². The predicted molar refractivity (Wildman–Crippen MR) is 142 cm³/mol. The lowest BCUT2D eigenvalue weighted by molar-refractivity contribution is -0.140. The molecule has 0 saturated heterocycles. The number of ether oxygens (including phenoxy) is 2. The number of thiophene rings is 1. The quantitative estimate of drug-likeness (QED) is 0.343. The number of ketones is 1. The highest BCUT2D eigenvalue weighted by molar-refractivity contribution is 7.10. The van der Waals surface area contributed by atoms with E-state index in [9.17, 15) is 14.4 Å². The van der Waals surface area contributed by atoms with Crippen molar-refractivity contribution in [3.63, 3.8) is 0 Å². The van der Waals surface area contributed by atoms with E-state index in [1.54, 1.807) is 30.4 Å². The smallest absolute Gasteiger partial charge is 0.336 e. The number of Topliss-reactive ketones (excluding diaryl/α,β-unsaturated/α-hetero) is 1. The van der Waals surface area contributed by atoms with Gasteiger partial charge < -0.3 is 19.2 Å². The summed E-state index contributed by atoms with van der Waals surface area (Å²) in [6, 6.07) is 9.42. The van der Waals surface area contributed by atoms with Gasteiger partial charge in [-0.2, -0.15) is 0 Å². The van der Waals surface area contributed by atoms with E-state index >= 15 is 0 Å². The second-order valence-corrected chi connectivity index (χ2v) is 10.4. The van der Waals surface area contributed by atoms with Crippen molar-refractivity contribution in [1.29, 1.82) is 0 Å². The molecular weight excluding hydrogens is 490 g/mol. The number of hydrogen-bond acceptors (Lipinski definition) is 8. The summed E-state index contributed by atoms with van der Waals surface area (Å²) >= 11 is 1.63. The molecule has 2 atom stereocenters. The first-order chi connectivity index (χ1) is 17.9. The average Bonchev–Trinajstić information content (AvgIpc) is 3.41. The number of allylic oxidation sites excluding steroid dienone is 3. The highest BCUT2D eigenvalue weighted by Crippen LogP contribution is 2.45. The summed E-state index contributed by atoms with van der Waals surface area (Å²) in [6.07, 6.45) is 2.31. The van der Waals surface area contributed by atoms with Gasteiger partial charge >= 0.3 is 5.97 Å². The van der Waals surface area contributed by atoms with E-state index in [2.05, 4.69) is 5.32 Å². The number of carbonyl (C=O) groups is 2. The molecule has 2 aromatic heterocycles. The molecule has 37 heavy (non-hydrogen) atoms. The molecule has 0 unspecified atom stereocenters. The lowest BCUT2D eigenvalue weighted by atomic mass is 9.73. The van der Waals surface area contributed by atoms with Crippen LogP contribution in [0.25, 0.3) is 11.0 Å². The van der Waals surface area contributed by atoms with E-state index in [-0.39, 0.29) is 41.5 Å². The molecule has 0 amide bonds. The Morgan fingerprint density at radius 2 is 2.00 bits per heavy atom. The molecule has 8 heteroatoms. The second kappa shape index (κ2) is 10.5. The van der Waals surface area contributed by atoms with Crippen LogP contribution in [0.3, 0.4) is 0 Å². The molecule has 3 aromatic rings. The van der Waals surface area contributed by atoms with Gasteiger partial charge in [0.2, 0.25) is 0 Å². The third-order valence-electron chi connectivity index (χ3n) is 6.92. The minimum Gasteiger partial charge on any atom is -0.464 e. The number of carbonyl (C=O) groups excluding carboxylic acids is 2. The number of benzene rings is 1. The summed E-state index contributed by atoms with van der Waals surface area (Å²) in [5.41, 5.74) is 3.36. The molecule has 0 spiro atoms. The number of fused-ring (bicyclic) bond motifs is 1. The van der Waals surface area contributed by atoms with Crippen LogP contribution in [0, 0.1) is 6.92 Å². The molecule has 0 bridgehead atoms. The van der Waals surface area contributed by atoms with Gasteiger partial charge in [-0.25, -0.2) is 4.79 Å². The fourth-order valence-electron chi connectivity index (χ4n) is 5.22. The zero-order valence-corrected chi connectivity index (χ0v) is 21.9. The molecule has 192 valence electrons. The van der Waals surface area contributed by atoms with Gasteiger partial charge in [0, 0.05) is 46.4 Å². The molecule has 0 radical (unpaired) electrons. The van der Waals surface area contributed by atoms with Crippen molar-refractivity contribution in [2.45, 2.75) is 45.4 Å². The molecule has 3 heterocycles. The van der Waals surface area contributed by atoms with Gasteiger partial charge in [0.1, 0.15) is 12.2 Å². The highest BCUT2D eigenvalue weighted by atomic mass is 32.1. The normalized spacial score (nSPS) is 19.7. The molecule has 0 fully saturated rings. The second-order valence-electron chi connectivity index (χ2n) is 9.39. The minimum atomic E-state index is -0.881. The zero-order chi connectivity index (χ0) is 26.1. The van der Waals surface area contributed by atoms with Gasteiger partial charge in [-0.05, 0) is 50.8 Å². The van der Waals surface area contributed by atoms with Crippen LogP contribution in [0.4, 0.5) is 0 Å². The van der Waals surface area contributed by atoms with E-state index in [0.29, 0.717) is 41.7 Å². The van der Waals surface area contributed by atoms with Gasteiger partial charge in [0.05, 0.1) is 29.7 Å². The topological polar surface area (TPSA) is 94.8 Å². The number of rotatable bonds is 7. The molecule has 1 aliphatic carbocycles. The Labute approximate surface area is 218 Å². The first kappa shape index (κ1) is 25.2. The Bertz CT molecular complexity index is 1480. The van der Waals surface area contributed by atoms with Crippen molar-refractivity contribution in [2.24, 2.45) is 0 Å². The summed E-state index contributed by atoms with van der Waals surface area (Å²) in [4.78, 5) is 42.0. The van der Waals surface area contributed by atoms with Crippen LogP contribution in [0.5, 0.6) is 0 Å². The van der Waals surface area contributed by atoms with Crippen LogP contribution in [-0.2, 0) is 19.1 Å². The molecule has 2 aliphatic rings. The first-order valence-corrected chi connectivity index (χ1v) is 13.3. The molecule has 0 saturated carbocycles. The fraction of sp³-hybridized carbons (Fsp3) is 0.345. The number of aryl methyl sites for hydroxylation is 1. The maximum atomic E-state index is 13.8. The van der Waals surface area contributed by atoms with Crippen molar-refractivity contribution in [3.05, 3.63) is 90.7 Å². The van der Waals surface area contributed by atoms with Crippen LogP contribution in [0.15, 0.2) is 73.7 Å². The lowest BCUT2D eigenvalue weighted by Crippen LogP contribution is -2.37. The van der Waals surface area contributed by atoms with Crippen molar-refractivity contribution in [1.82, 2.24) is 5.32 Å². The molecule has 1 aliphatic heterocycles. The molecule has 1 N–H and O–H groups in total. The van der Waals surface area contributed by atoms with Gasteiger partial charge in [-0.15, -0.1) is 11.3 Å². The van der Waals surface area contributed by atoms with E-state index in [4.69, 9.17) is 13.9 Å². The van der Waals surface area contributed by atoms with Crippen molar-refractivity contribution < 1.29 is 23.5 Å². The summed E-state index contributed by atoms with van der Waals surface area (Å²) in [6.45, 7) is 6.39. The van der Waals surface area contributed by atoms with Crippen LogP contribution >= 0.6 is 11.3 Å². The standard InChI is InChI=1S/C29H29NO6S/c1-4-34-9-10-35-29(33)25-17(3)30-21-13-18(24-6-5-11-37-24)14-22(31)27(21)26(25)20-15-36-23-8-7-16(2)12-19(23)28(20)32/h5-8,11-12,15,18,26,30H,4,9-10,13-14H2,1-3H3/t18-,26+/m0/s1. The van der Waals surface area contributed by atoms with Gasteiger partial charge in [0.25, 0.3) is 0 Å². The summed E-state index contributed by atoms with van der Waals surface area (Å²) < 4.78 is 16.7. The number of esters is 1. The zero-order valence-electron chi connectivity index (χ0n) is 21.1. The van der Waals surface area contributed by atoms with Crippen molar-refractivity contribution in [3.8, 4) is 0 Å². The summed E-state index contributed by atoms with van der Waals surface area (Å²) in [5, 5.41) is 5.74. The van der Waals surface area contributed by atoms with Crippen LogP contribution in [0.1, 0.15) is 54.5 Å². The van der Waals surface area contributed by atoms with E-state index in [0.717, 1.165) is 16.1 Å². The predicted octanol–water partition coefficient (Wildman–Crippen LogP) is 5.10. The monoisotopic (exact) mass is 519 g/mol. The van der Waals surface area contributed by atoms with Gasteiger partial charge in [0.15, 0.2) is 11.2 Å². The Morgan fingerprint density at radius 3 is 2.76 bits per heavy atom. The number of dihydropyridines is 1. The van der Waals surface area contributed by atoms with Crippen LogP contribution < -0.4 is 10.7 Å². The fourth-order valence-corrected chi connectivity index (χ4v) is 6.05. The van der Waals surface area contributed by atoms with Crippen LogP contribution in [0.2, 0.25) is 0 Å². The third kappa shape index (κ3) is 4.79. The number of nitrogens with one attached hydrogen (secondary N) is 1. The number of hydrogen-bond donors (Lipinski definition) is 1. The van der Waals surface area contributed by atoms with Crippen molar-refractivity contribution >= 4 is 34.1 Å². The average molecular weight is 520 g/mol. The minimum absolute atomic E-state index is 0.0440. The SMILES string of the molecule is CCOCCOC(=O)C1=C(C)NC2=C(C(=O)C[C@@H](c3cccs3)C2)[C@@H]1c1coc2ccc(C)cc2c1=O. The van der Waals surface area contributed by atoms with E-state index in [1.165, 1.54) is 6.26 Å². The van der Waals surface area contributed by atoms with Crippen LogP contribution in [-0.4, -0.2) is 31.6 Å². The Morgan fingerprint density at radius 1 is 1.16 bits per heavy atom. The first-order valence-electron chi connectivity index (χ1n) is 12.4. The maximum Gasteiger partial charge on any atom is 0.336 e. The van der Waals surface area contributed by atoms with Gasteiger partial charge in [-0.1, -0.05) is 17.7 Å². The Balaban J connectivity index is 1.62. The lowest BCUT2D eigenvalue weighted by Gasteiger charge is -2.36. The van der Waals surface area contributed by atoms with E-state index in [1.807, 2.05) is 37.4 Å². The van der Waals surface area contributed by atoms with Crippen molar-refractivity contribution in [2.75, 3.05) is 19.8 Å². The Kier molecular flexibility index (Phi) is 7.13. The Hall–Kier alpha value is -3.49. The molecular formula is C29H29NO6S. The van der Waals surface area contributed by atoms with E-state index < -0.39 is 11.9 Å². The molecule has 7 nitrogen and oxygen atoms in total. The third-order valence-corrected chi connectivity index (χ3v) is 7.96. The largest absolute Gasteiger partial charge is 0.464 e. The maximum absolute atomic E-state index is 13.8.